The summed E-state index contributed by atoms with van der Waals surface area (Å²) in [4.78, 5) is 26.6. The number of ether oxygens (including phenoxy) is 1. The molecule has 1 amide bonds. The van der Waals surface area contributed by atoms with Crippen LogP contribution in [0.25, 0.3) is 0 Å². The van der Waals surface area contributed by atoms with Gasteiger partial charge in [0.05, 0.1) is 11.7 Å². The Hall–Kier alpha value is -2.15. The molecule has 0 aliphatic heterocycles. The first-order chi connectivity index (χ1) is 12.4. The van der Waals surface area contributed by atoms with Crippen LogP contribution in [0.1, 0.15) is 75.7 Å². The SMILES string of the molecule is CCC(C)OC(=O)c1c(NC(=O)c2noc(C)c2C)sc2c1CCCC2. The number of esters is 1. The number of nitrogens with one attached hydrogen (secondary N) is 1. The fraction of sp³-hybridized carbons (Fsp3) is 0.526. The van der Waals surface area contributed by atoms with E-state index < -0.39 is 0 Å². The van der Waals surface area contributed by atoms with E-state index in [-0.39, 0.29) is 23.7 Å². The summed E-state index contributed by atoms with van der Waals surface area (Å²) in [5.74, 6) is -0.116. The molecule has 0 bridgehead atoms. The lowest BCUT2D eigenvalue weighted by Crippen LogP contribution is -2.19. The Labute approximate surface area is 156 Å². The fourth-order valence-electron chi connectivity index (χ4n) is 2.99. The van der Waals surface area contributed by atoms with E-state index in [4.69, 9.17) is 9.26 Å². The average molecular weight is 376 g/mol. The minimum Gasteiger partial charge on any atom is -0.459 e. The summed E-state index contributed by atoms with van der Waals surface area (Å²) in [7, 11) is 0. The maximum Gasteiger partial charge on any atom is 0.341 e. The molecule has 0 saturated carbocycles. The predicted octanol–water partition coefficient (Wildman–Crippen LogP) is 4.44. The van der Waals surface area contributed by atoms with Gasteiger partial charge in [-0.2, -0.15) is 0 Å². The molecule has 2 aromatic rings. The second-order valence-corrected chi connectivity index (χ2v) is 7.81. The number of carbonyl (C=O) groups is 2. The summed E-state index contributed by atoms with van der Waals surface area (Å²) >= 11 is 1.47. The number of anilines is 1. The molecular weight excluding hydrogens is 352 g/mol. The van der Waals surface area contributed by atoms with E-state index in [0.29, 0.717) is 21.9 Å². The topological polar surface area (TPSA) is 81.4 Å². The number of aromatic nitrogens is 1. The van der Waals surface area contributed by atoms with Gasteiger partial charge in [0.25, 0.3) is 5.91 Å². The van der Waals surface area contributed by atoms with Gasteiger partial charge in [-0.1, -0.05) is 12.1 Å². The van der Waals surface area contributed by atoms with Crippen molar-refractivity contribution >= 4 is 28.2 Å². The van der Waals surface area contributed by atoms with Gasteiger partial charge in [-0.3, -0.25) is 4.79 Å². The highest BCUT2D eigenvalue weighted by atomic mass is 32.1. The van der Waals surface area contributed by atoms with E-state index in [2.05, 4.69) is 10.5 Å². The van der Waals surface area contributed by atoms with E-state index in [9.17, 15) is 9.59 Å². The molecule has 0 spiro atoms. The van der Waals surface area contributed by atoms with Gasteiger partial charge in [0.15, 0.2) is 5.69 Å². The lowest BCUT2D eigenvalue weighted by molar-refractivity contribution is 0.0335. The highest BCUT2D eigenvalue weighted by Gasteiger charge is 2.29. The summed E-state index contributed by atoms with van der Waals surface area (Å²) in [6.45, 7) is 7.39. The molecule has 0 saturated heterocycles. The quantitative estimate of drug-likeness (QED) is 0.780. The van der Waals surface area contributed by atoms with Crippen LogP contribution in [0, 0.1) is 13.8 Å². The zero-order valence-electron chi connectivity index (χ0n) is 15.6. The van der Waals surface area contributed by atoms with Crippen LogP contribution in [0.4, 0.5) is 5.00 Å². The van der Waals surface area contributed by atoms with Crippen molar-refractivity contribution in [2.45, 2.75) is 65.9 Å². The summed E-state index contributed by atoms with van der Waals surface area (Å²) in [6.07, 6.45) is 4.50. The van der Waals surface area contributed by atoms with Gasteiger partial charge < -0.3 is 14.6 Å². The Morgan fingerprint density at radius 1 is 1.31 bits per heavy atom. The minimum atomic E-state index is -0.365. The standard InChI is InChI=1S/C19H24N2O4S/c1-5-10(2)24-19(23)15-13-8-6-7-9-14(13)26-18(15)20-17(22)16-11(3)12(4)25-21-16/h10H,5-9H2,1-4H3,(H,20,22). The first kappa shape index (κ1) is 18.6. The van der Waals surface area contributed by atoms with Gasteiger partial charge in [0, 0.05) is 10.4 Å². The Bertz CT molecular complexity index is 837. The molecule has 1 aliphatic carbocycles. The Morgan fingerprint density at radius 3 is 2.69 bits per heavy atom. The van der Waals surface area contributed by atoms with Crippen LogP contribution in [0.3, 0.4) is 0 Å². The largest absolute Gasteiger partial charge is 0.459 e. The molecule has 0 radical (unpaired) electrons. The molecule has 3 rings (SSSR count). The van der Waals surface area contributed by atoms with Gasteiger partial charge in [0.2, 0.25) is 0 Å². The molecule has 6 nitrogen and oxygen atoms in total. The van der Waals surface area contributed by atoms with E-state index in [1.54, 1.807) is 13.8 Å². The molecule has 140 valence electrons. The Kier molecular flexibility index (Phi) is 5.46. The highest BCUT2D eigenvalue weighted by Crippen LogP contribution is 2.39. The van der Waals surface area contributed by atoms with Gasteiger partial charge in [-0.05, 0) is 58.4 Å². The third-order valence-electron chi connectivity index (χ3n) is 4.86. The first-order valence-electron chi connectivity index (χ1n) is 9.02. The fourth-order valence-corrected chi connectivity index (χ4v) is 4.26. The number of rotatable bonds is 5. The lowest BCUT2D eigenvalue weighted by atomic mass is 9.95. The highest BCUT2D eigenvalue weighted by molar-refractivity contribution is 7.17. The molecular formula is C19H24N2O4S. The van der Waals surface area contributed by atoms with Crippen LogP contribution >= 0.6 is 11.3 Å². The van der Waals surface area contributed by atoms with Crippen molar-refractivity contribution < 1.29 is 18.8 Å². The minimum absolute atomic E-state index is 0.161. The molecule has 0 fully saturated rings. The number of nitrogens with zero attached hydrogens (tertiary/aromatic N) is 1. The second kappa shape index (κ2) is 7.61. The van der Waals surface area contributed by atoms with Crippen molar-refractivity contribution in [3.05, 3.63) is 33.0 Å². The Morgan fingerprint density at radius 2 is 2.04 bits per heavy atom. The maximum atomic E-state index is 12.8. The lowest BCUT2D eigenvalue weighted by Gasteiger charge is -2.15. The molecule has 2 heterocycles. The number of hydrogen-bond donors (Lipinski definition) is 1. The summed E-state index contributed by atoms with van der Waals surface area (Å²) < 4.78 is 10.6. The molecule has 2 aromatic heterocycles. The number of fused-ring (bicyclic) bond motifs is 1. The third kappa shape index (κ3) is 3.53. The number of thiophene rings is 1. The van der Waals surface area contributed by atoms with Gasteiger partial charge in [0.1, 0.15) is 10.8 Å². The molecule has 1 N–H and O–H groups in total. The van der Waals surface area contributed by atoms with E-state index in [1.165, 1.54) is 11.3 Å². The van der Waals surface area contributed by atoms with Crippen LogP contribution in [-0.2, 0) is 17.6 Å². The summed E-state index contributed by atoms with van der Waals surface area (Å²) in [5, 5.41) is 7.25. The van der Waals surface area contributed by atoms with Crippen LogP contribution in [0.5, 0.6) is 0 Å². The number of hydrogen-bond acceptors (Lipinski definition) is 6. The molecule has 7 heteroatoms. The zero-order chi connectivity index (χ0) is 18.8. The van der Waals surface area contributed by atoms with Crippen molar-refractivity contribution in [1.82, 2.24) is 5.16 Å². The van der Waals surface area contributed by atoms with Crippen LogP contribution in [0.2, 0.25) is 0 Å². The van der Waals surface area contributed by atoms with Gasteiger partial charge in [-0.15, -0.1) is 11.3 Å². The Balaban J connectivity index is 1.93. The van der Waals surface area contributed by atoms with Crippen molar-refractivity contribution in [2.75, 3.05) is 5.32 Å². The van der Waals surface area contributed by atoms with Crippen LogP contribution in [0.15, 0.2) is 4.52 Å². The maximum absolute atomic E-state index is 12.8. The van der Waals surface area contributed by atoms with Crippen molar-refractivity contribution in [2.24, 2.45) is 0 Å². The summed E-state index contributed by atoms with van der Waals surface area (Å²) in [5.41, 5.74) is 2.48. The second-order valence-electron chi connectivity index (χ2n) is 6.71. The van der Waals surface area contributed by atoms with E-state index in [0.717, 1.165) is 42.5 Å². The molecule has 0 aromatic carbocycles. The first-order valence-corrected chi connectivity index (χ1v) is 9.83. The van der Waals surface area contributed by atoms with Crippen LogP contribution < -0.4 is 5.32 Å². The number of aryl methyl sites for hydroxylation is 2. The molecule has 26 heavy (non-hydrogen) atoms. The zero-order valence-corrected chi connectivity index (χ0v) is 16.4. The van der Waals surface area contributed by atoms with Crippen molar-refractivity contribution in [3.8, 4) is 0 Å². The van der Waals surface area contributed by atoms with Crippen molar-refractivity contribution in [3.63, 3.8) is 0 Å². The van der Waals surface area contributed by atoms with Crippen LogP contribution in [-0.4, -0.2) is 23.1 Å². The summed E-state index contributed by atoms with van der Waals surface area (Å²) in [6, 6.07) is 0. The molecule has 1 atom stereocenters. The predicted molar refractivity (Wildman–Crippen MR) is 100 cm³/mol. The molecule has 1 unspecified atom stereocenters. The third-order valence-corrected chi connectivity index (χ3v) is 6.07. The van der Waals surface area contributed by atoms with Crippen molar-refractivity contribution in [1.29, 1.82) is 0 Å². The smallest absolute Gasteiger partial charge is 0.341 e. The number of amides is 1. The average Bonchev–Trinajstić information content (AvgIpc) is 3.14. The van der Waals surface area contributed by atoms with Gasteiger partial charge in [-0.25, -0.2) is 4.79 Å². The normalized spacial score (nSPS) is 14.6. The van der Waals surface area contributed by atoms with E-state index >= 15 is 0 Å². The van der Waals surface area contributed by atoms with Gasteiger partial charge >= 0.3 is 5.97 Å². The molecule has 1 aliphatic rings. The van der Waals surface area contributed by atoms with E-state index in [1.807, 2.05) is 13.8 Å². The monoisotopic (exact) mass is 376 g/mol. The number of carbonyl (C=O) groups excluding carboxylic acids is 2.